The van der Waals surface area contributed by atoms with Crippen LogP contribution in [0.15, 0.2) is 42.5 Å². The first-order chi connectivity index (χ1) is 12.5. The molecule has 0 aliphatic heterocycles. The van der Waals surface area contributed by atoms with Gasteiger partial charge >= 0.3 is 0 Å². The summed E-state index contributed by atoms with van der Waals surface area (Å²) in [7, 11) is 1.66. The Balaban J connectivity index is 1.75. The molecule has 0 aliphatic carbocycles. The van der Waals surface area contributed by atoms with Crippen molar-refractivity contribution in [1.29, 1.82) is 0 Å². The van der Waals surface area contributed by atoms with Gasteiger partial charge in [-0.3, -0.25) is 4.79 Å². The van der Waals surface area contributed by atoms with Crippen molar-refractivity contribution in [3.63, 3.8) is 0 Å². The van der Waals surface area contributed by atoms with Gasteiger partial charge in [-0.2, -0.15) is 0 Å². The van der Waals surface area contributed by atoms with Gasteiger partial charge in [0.1, 0.15) is 11.5 Å². The highest BCUT2D eigenvalue weighted by atomic mass is 16.5. The van der Waals surface area contributed by atoms with E-state index in [-0.39, 0.29) is 12.5 Å². The first-order valence-electron chi connectivity index (χ1n) is 9.12. The van der Waals surface area contributed by atoms with E-state index in [1.807, 2.05) is 31.2 Å². The van der Waals surface area contributed by atoms with Gasteiger partial charge in [-0.25, -0.2) is 0 Å². The molecule has 0 spiro atoms. The van der Waals surface area contributed by atoms with Gasteiger partial charge in [-0.05, 0) is 60.6 Å². The van der Waals surface area contributed by atoms with Crippen molar-refractivity contribution in [2.24, 2.45) is 0 Å². The summed E-state index contributed by atoms with van der Waals surface area (Å²) in [6.07, 6.45) is 1.77. The number of rotatable bonds is 9. The molecule has 1 N–H and O–H groups in total. The van der Waals surface area contributed by atoms with Crippen LogP contribution in [0.2, 0.25) is 0 Å². The van der Waals surface area contributed by atoms with E-state index in [9.17, 15) is 4.79 Å². The SMILES string of the molecule is COc1cccc(CCCNC(=O)COc2cc(C)ccc2C(C)C)c1. The van der Waals surface area contributed by atoms with Crippen LogP contribution in [0.25, 0.3) is 0 Å². The van der Waals surface area contributed by atoms with Gasteiger partial charge in [-0.15, -0.1) is 0 Å². The van der Waals surface area contributed by atoms with E-state index in [4.69, 9.17) is 9.47 Å². The number of hydrogen-bond acceptors (Lipinski definition) is 3. The zero-order valence-corrected chi connectivity index (χ0v) is 16.2. The number of carbonyl (C=O) groups is 1. The summed E-state index contributed by atoms with van der Waals surface area (Å²) in [6.45, 7) is 6.94. The molecule has 0 saturated heterocycles. The minimum atomic E-state index is -0.0909. The van der Waals surface area contributed by atoms with Crippen LogP contribution in [0.4, 0.5) is 0 Å². The third kappa shape index (κ3) is 6.10. The Morgan fingerprint density at radius 2 is 1.96 bits per heavy atom. The molecule has 140 valence electrons. The molecule has 4 nitrogen and oxygen atoms in total. The fourth-order valence-electron chi connectivity index (χ4n) is 2.79. The number of aryl methyl sites for hydroxylation is 2. The van der Waals surface area contributed by atoms with Crippen molar-refractivity contribution >= 4 is 5.91 Å². The van der Waals surface area contributed by atoms with Gasteiger partial charge in [0.15, 0.2) is 6.61 Å². The molecule has 2 aromatic rings. The van der Waals surface area contributed by atoms with E-state index in [0.717, 1.165) is 35.5 Å². The maximum absolute atomic E-state index is 12.0. The molecule has 0 bridgehead atoms. The van der Waals surface area contributed by atoms with Crippen molar-refractivity contribution in [2.75, 3.05) is 20.3 Å². The molecule has 1 amide bonds. The lowest BCUT2D eigenvalue weighted by atomic mass is 10.0. The lowest BCUT2D eigenvalue weighted by molar-refractivity contribution is -0.123. The van der Waals surface area contributed by atoms with Crippen LogP contribution in [0, 0.1) is 6.92 Å². The molecule has 0 aromatic heterocycles. The normalized spacial score (nSPS) is 10.7. The molecule has 0 aliphatic rings. The van der Waals surface area contributed by atoms with E-state index in [1.54, 1.807) is 7.11 Å². The molecular formula is C22H29NO3. The Bertz CT molecular complexity index is 725. The van der Waals surface area contributed by atoms with Gasteiger partial charge in [0.2, 0.25) is 0 Å². The number of methoxy groups -OCH3 is 1. The molecule has 0 atom stereocenters. The Labute approximate surface area is 156 Å². The molecule has 0 unspecified atom stereocenters. The highest BCUT2D eigenvalue weighted by Crippen LogP contribution is 2.27. The van der Waals surface area contributed by atoms with Crippen LogP contribution in [-0.2, 0) is 11.2 Å². The summed E-state index contributed by atoms with van der Waals surface area (Å²) < 4.78 is 11.0. The Kier molecular flexibility index (Phi) is 7.52. The summed E-state index contributed by atoms with van der Waals surface area (Å²) >= 11 is 0. The van der Waals surface area contributed by atoms with Gasteiger partial charge < -0.3 is 14.8 Å². The third-order valence-corrected chi connectivity index (χ3v) is 4.25. The molecule has 4 heteroatoms. The highest BCUT2D eigenvalue weighted by Gasteiger charge is 2.10. The molecule has 2 rings (SSSR count). The molecule has 0 radical (unpaired) electrons. The van der Waals surface area contributed by atoms with Crippen molar-refractivity contribution in [1.82, 2.24) is 5.32 Å². The second-order valence-electron chi connectivity index (χ2n) is 6.79. The Morgan fingerprint density at radius 3 is 2.69 bits per heavy atom. The quantitative estimate of drug-likeness (QED) is 0.684. The van der Waals surface area contributed by atoms with Crippen LogP contribution in [0.5, 0.6) is 11.5 Å². The van der Waals surface area contributed by atoms with Crippen molar-refractivity contribution in [3.05, 3.63) is 59.2 Å². The fourth-order valence-corrected chi connectivity index (χ4v) is 2.79. The second kappa shape index (κ2) is 9.85. The largest absolute Gasteiger partial charge is 0.497 e. The maximum Gasteiger partial charge on any atom is 0.257 e. The number of hydrogen-bond donors (Lipinski definition) is 1. The topological polar surface area (TPSA) is 47.6 Å². The predicted octanol–water partition coefficient (Wildman–Crippen LogP) is 4.25. The Morgan fingerprint density at radius 1 is 1.15 bits per heavy atom. The standard InChI is InChI=1S/C22H29NO3/c1-16(2)20-11-10-17(3)13-21(20)26-15-22(24)23-12-6-8-18-7-5-9-19(14-18)25-4/h5,7,9-11,13-14,16H,6,8,12,15H2,1-4H3,(H,23,24). The summed E-state index contributed by atoms with van der Waals surface area (Å²) in [4.78, 5) is 12.0. The first-order valence-corrected chi connectivity index (χ1v) is 9.12. The zero-order valence-electron chi connectivity index (χ0n) is 16.2. The average molecular weight is 355 g/mol. The van der Waals surface area contributed by atoms with Crippen LogP contribution in [0.3, 0.4) is 0 Å². The zero-order chi connectivity index (χ0) is 18.9. The lowest BCUT2D eigenvalue weighted by Crippen LogP contribution is -2.30. The number of benzene rings is 2. The maximum atomic E-state index is 12.0. The molecule has 26 heavy (non-hydrogen) atoms. The smallest absolute Gasteiger partial charge is 0.257 e. The van der Waals surface area contributed by atoms with Gasteiger partial charge in [0.05, 0.1) is 7.11 Å². The van der Waals surface area contributed by atoms with Gasteiger partial charge in [0.25, 0.3) is 5.91 Å². The fraction of sp³-hybridized carbons (Fsp3) is 0.409. The molecule has 0 saturated carbocycles. The first kappa shape index (κ1) is 19.8. The van der Waals surface area contributed by atoms with Crippen molar-refractivity contribution in [2.45, 2.75) is 39.5 Å². The summed E-state index contributed by atoms with van der Waals surface area (Å²) in [6, 6.07) is 14.1. The number of nitrogens with one attached hydrogen (secondary N) is 1. The van der Waals surface area contributed by atoms with E-state index in [0.29, 0.717) is 12.5 Å². The minimum Gasteiger partial charge on any atom is -0.497 e. The number of carbonyl (C=O) groups excluding carboxylic acids is 1. The Hall–Kier alpha value is -2.49. The average Bonchev–Trinajstić information content (AvgIpc) is 2.63. The molecular weight excluding hydrogens is 326 g/mol. The van der Waals surface area contributed by atoms with Crippen LogP contribution in [0.1, 0.15) is 42.9 Å². The second-order valence-corrected chi connectivity index (χ2v) is 6.79. The molecule has 0 fully saturated rings. The minimum absolute atomic E-state index is 0.0440. The van der Waals surface area contributed by atoms with Crippen LogP contribution in [-0.4, -0.2) is 26.2 Å². The molecule has 2 aromatic carbocycles. The van der Waals surface area contributed by atoms with Gasteiger partial charge in [-0.1, -0.05) is 38.1 Å². The summed E-state index contributed by atoms with van der Waals surface area (Å²) in [5.41, 5.74) is 3.46. The van der Waals surface area contributed by atoms with Crippen molar-refractivity contribution in [3.8, 4) is 11.5 Å². The summed E-state index contributed by atoms with van der Waals surface area (Å²) in [5.74, 6) is 1.92. The van der Waals surface area contributed by atoms with Gasteiger partial charge in [0, 0.05) is 6.54 Å². The number of amides is 1. The highest BCUT2D eigenvalue weighted by molar-refractivity contribution is 5.77. The molecule has 0 heterocycles. The lowest BCUT2D eigenvalue weighted by Gasteiger charge is -2.14. The van der Waals surface area contributed by atoms with Crippen LogP contribution < -0.4 is 14.8 Å². The van der Waals surface area contributed by atoms with E-state index in [1.165, 1.54) is 5.56 Å². The summed E-state index contributed by atoms with van der Waals surface area (Å²) in [5, 5.41) is 2.92. The predicted molar refractivity (Wildman–Crippen MR) is 105 cm³/mol. The van der Waals surface area contributed by atoms with Crippen molar-refractivity contribution < 1.29 is 14.3 Å². The monoisotopic (exact) mass is 355 g/mol. The van der Waals surface area contributed by atoms with E-state index < -0.39 is 0 Å². The van der Waals surface area contributed by atoms with E-state index >= 15 is 0 Å². The number of ether oxygens (including phenoxy) is 2. The third-order valence-electron chi connectivity index (χ3n) is 4.25. The van der Waals surface area contributed by atoms with E-state index in [2.05, 4.69) is 37.4 Å². The van der Waals surface area contributed by atoms with Crippen LogP contribution >= 0.6 is 0 Å².